The molecule has 1 atom stereocenters. The molecule has 0 saturated heterocycles. The summed E-state index contributed by atoms with van der Waals surface area (Å²) in [7, 11) is 1.28. The Kier molecular flexibility index (Phi) is 9.08. The van der Waals surface area contributed by atoms with Crippen molar-refractivity contribution in [3.8, 4) is 5.75 Å². The van der Waals surface area contributed by atoms with Gasteiger partial charge < -0.3 is 30.9 Å². The van der Waals surface area contributed by atoms with Crippen LogP contribution in [0.3, 0.4) is 0 Å². The van der Waals surface area contributed by atoms with Crippen LogP contribution in [0.1, 0.15) is 5.56 Å². The van der Waals surface area contributed by atoms with Gasteiger partial charge in [0.05, 0.1) is 13.7 Å². The topological polar surface area (TPSA) is 135 Å². The van der Waals surface area contributed by atoms with Gasteiger partial charge in [0.25, 0.3) is 0 Å². The number of ether oxygens (including phenoxy) is 2. The fourth-order valence-electron chi connectivity index (χ4n) is 1.95. The van der Waals surface area contributed by atoms with Crippen LogP contribution in [0.25, 0.3) is 0 Å². The van der Waals surface area contributed by atoms with Gasteiger partial charge in [-0.25, -0.2) is 9.59 Å². The van der Waals surface area contributed by atoms with Crippen LogP contribution in [0.4, 0.5) is 4.79 Å². The number of rotatable bonds is 9. The second-order valence-corrected chi connectivity index (χ2v) is 5.17. The second-order valence-electron chi connectivity index (χ2n) is 5.17. The minimum atomic E-state index is -0.737. The highest BCUT2D eigenvalue weighted by atomic mass is 16.5. The van der Waals surface area contributed by atoms with Crippen molar-refractivity contribution < 1.29 is 24.2 Å². The van der Waals surface area contributed by atoms with Gasteiger partial charge in [0.1, 0.15) is 18.4 Å². The number of nitrogens with zero attached hydrogens (tertiary/aromatic N) is 1. The average molecular weight is 364 g/mol. The number of phenolic OH excluding ortho intramolecular Hbond substituents is 1. The molecule has 0 saturated carbocycles. The van der Waals surface area contributed by atoms with E-state index in [0.29, 0.717) is 6.42 Å². The highest BCUT2D eigenvalue weighted by Gasteiger charge is 2.20. The minimum Gasteiger partial charge on any atom is -0.508 e. The maximum atomic E-state index is 11.9. The Hall–Kier alpha value is -3.23. The molecule has 1 amide bonds. The number of benzene rings is 1. The zero-order valence-electron chi connectivity index (χ0n) is 14.6. The summed E-state index contributed by atoms with van der Waals surface area (Å²) < 4.78 is 9.50. The molecule has 0 aliphatic carbocycles. The molecule has 142 valence electrons. The van der Waals surface area contributed by atoms with Crippen LogP contribution in [-0.4, -0.2) is 56.0 Å². The first-order valence-electron chi connectivity index (χ1n) is 7.90. The molecule has 0 heterocycles. The highest BCUT2D eigenvalue weighted by Crippen LogP contribution is 2.11. The number of carbonyl (C=O) groups excluding carboxylic acids is 2. The number of nitrogens with one attached hydrogen (secondary N) is 2. The molecule has 0 aromatic heterocycles. The van der Waals surface area contributed by atoms with Gasteiger partial charge in [-0.2, -0.15) is 0 Å². The fourth-order valence-corrected chi connectivity index (χ4v) is 1.95. The molecule has 0 radical (unpaired) electrons. The Balaban J connectivity index is 2.52. The third-order valence-electron chi connectivity index (χ3n) is 3.18. The van der Waals surface area contributed by atoms with Crippen molar-refractivity contribution in [2.75, 3.05) is 26.8 Å². The second kappa shape index (κ2) is 11.3. The van der Waals surface area contributed by atoms with E-state index >= 15 is 0 Å². The van der Waals surface area contributed by atoms with Crippen molar-refractivity contribution >= 4 is 18.0 Å². The lowest BCUT2D eigenvalue weighted by molar-refractivity contribution is -0.142. The zero-order valence-corrected chi connectivity index (χ0v) is 14.6. The summed E-state index contributed by atoms with van der Waals surface area (Å²) in [6.07, 6.45) is 1.18. The molecule has 1 aromatic rings. The molecule has 5 N–H and O–H groups in total. The number of esters is 1. The molecule has 1 aromatic carbocycles. The van der Waals surface area contributed by atoms with Crippen LogP contribution in [0.5, 0.6) is 5.75 Å². The molecule has 9 heteroatoms. The maximum Gasteiger partial charge on any atom is 0.407 e. The van der Waals surface area contributed by atoms with Crippen LogP contribution in [0, 0.1) is 0 Å². The van der Waals surface area contributed by atoms with Crippen LogP contribution in [0.2, 0.25) is 0 Å². The lowest BCUT2D eigenvalue weighted by atomic mass is 10.1. The number of nitrogens with two attached hydrogens (primary N) is 1. The summed E-state index contributed by atoms with van der Waals surface area (Å²) >= 11 is 0. The van der Waals surface area contributed by atoms with Gasteiger partial charge in [-0.3, -0.25) is 4.99 Å². The predicted octanol–water partition coefficient (Wildman–Crippen LogP) is 0.293. The largest absolute Gasteiger partial charge is 0.508 e. The smallest absolute Gasteiger partial charge is 0.407 e. The van der Waals surface area contributed by atoms with Gasteiger partial charge in [-0.05, 0) is 17.7 Å². The third kappa shape index (κ3) is 8.04. The van der Waals surface area contributed by atoms with E-state index in [0.717, 1.165) is 5.56 Å². The van der Waals surface area contributed by atoms with Crippen molar-refractivity contribution in [1.29, 1.82) is 0 Å². The van der Waals surface area contributed by atoms with E-state index in [2.05, 4.69) is 22.2 Å². The van der Waals surface area contributed by atoms with E-state index in [1.54, 1.807) is 12.1 Å². The number of aliphatic imine (C=N–C) groups is 1. The van der Waals surface area contributed by atoms with E-state index in [9.17, 15) is 14.7 Å². The Bertz CT molecular complexity index is 631. The van der Waals surface area contributed by atoms with Crippen LogP contribution in [-0.2, 0) is 20.7 Å². The monoisotopic (exact) mass is 364 g/mol. The summed E-state index contributed by atoms with van der Waals surface area (Å²) in [5.41, 5.74) is 6.59. The number of amides is 1. The van der Waals surface area contributed by atoms with Crippen molar-refractivity contribution in [3.05, 3.63) is 42.5 Å². The number of hydrogen-bond acceptors (Lipinski definition) is 6. The Morgan fingerprint density at radius 3 is 2.69 bits per heavy atom. The van der Waals surface area contributed by atoms with E-state index in [4.69, 9.17) is 15.2 Å². The van der Waals surface area contributed by atoms with Crippen LogP contribution < -0.4 is 16.4 Å². The molecule has 0 aliphatic heterocycles. The van der Waals surface area contributed by atoms with Crippen molar-refractivity contribution in [3.63, 3.8) is 0 Å². The fraction of sp³-hybridized carbons (Fsp3) is 0.353. The summed E-state index contributed by atoms with van der Waals surface area (Å²) in [5, 5.41) is 14.6. The van der Waals surface area contributed by atoms with Crippen LogP contribution >= 0.6 is 0 Å². The number of phenols is 1. The van der Waals surface area contributed by atoms with Crippen molar-refractivity contribution in [1.82, 2.24) is 10.6 Å². The minimum absolute atomic E-state index is 0.0421. The van der Waals surface area contributed by atoms with E-state index in [1.807, 2.05) is 0 Å². The van der Waals surface area contributed by atoms with Gasteiger partial charge in [-0.1, -0.05) is 24.8 Å². The molecule has 9 nitrogen and oxygen atoms in total. The summed E-state index contributed by atoms with van der Waals surface area (Å²) in [4.78, 5) is 27.2. The number of aromatic hydroxyl groups is 1. The average Bonchev–Trinajstić information content (AvgIpc) is 2.64. The number of carbonyl (C=O) groups is 2. The third-order valence-corrected chi connectivity index (χ3v) is 3.18. The van der Waals surface area contributed by atoms with E-state index < -0.39 is 18.1 Å². The molecule has 0 fully saturated rings. The predicted molar refractivity (Wildman–Crippen MR) is 96.8 cm³/mol. The molecule has 0 spiro atoms. The lowest BCUT2D eigenvalue weighted by Gasteiger charge is -2.17. The quantitative estimate of drug-likeness (QED) is 0.163. The Morgan fingerprint density at radius 2 is 2.08 bits per heavy atom. The number of alkyl carbamates (subject to hydrolysis) is 1. The molecule has 1 rings (SSSR count). The maximum absolute atomic E-state index is 11.9. The highest BCUT2D eigenvalue weighted by molar-refractivity contribution is 5.85. The summed E-state index contributed by atoms with van der Waals surface area (Å²) in [5.74, 6) is -0.320. The first-order valence-corrected chi connectivity index (χ1v) is 7.90. The van der Waals surface area contributed by atoms with Gasteiger partial charge in [0, 0.05) is 13.0 Å². The zero-order chi connectivity index (χ0) is 19.4. The number of guanidine groups is 1. The lowest BCUT2D eigenvalue weighted by Crippen LogP contribution is -2.46. The SMILES string of the molecule is C=CCOC(=O)NCCN=C(N)N[C@@H](Cc1ccc(O)cc1)C(=O)OC. The van der Waals surface area contributed by atoms with Gasteiger partial charge in [0.15, 0.2) is 5.96 Å². The van der Waals surface area contributed by atoms with Crippen molar-refractivity contribution in [2.24, 2.45) is 10.7 Å². The van der Waals surface area contributed by atoms with Gasteiger partial charge >= 0.3 is 12.1 Å². The molecular weight excluding hydrogens is 340 g/mol. The van der Waals surface area contributed by atoms with Gasteiger partial charge in [-0.15, -0.1) is 0 Å². The molecular formula is C17H24N4O5. The molecule has 0 aliphatic rings. The first kappa shape index (κ1) is 20.8. The van der Waals surface area contributed by atoms with E-state index in [1.165, 1.54) is 25.3 Å². The first-order chi connectivity index (χ1) is 12.5. The summed E-state index contributed by atoms with van der Waals surface area (Å²) in [6.45, 7) is 3.98. The summed E-state index contributed by atoms with van der Waals surface area (Å²) in [6, 6.07) is 5.70. The molecule has 0 bridgehead atoms. The standard InChI is InChI=1S/C17H24N4O5/c1-3-10-26-17(24)20-9-8-19-16(18)21-14(15(23)25-2)11-12-4-6-13(22)7-5-12/h3-7,14,22H,1,8-11H2,2H3,(H,20,24)(H3,18,19,21)/t14-/m0/s1. The van der Waals surface area contributed by atoms with E-state index in [-0.39, 0.29) is 31.4 Å². The Labute approximate surface area is 151 Å². The number of hydrogen-bond donors (Lipinski definition) is 4. The molecule has 0 unspecified atom stereocenters. The van der Waals surface area contributed by atoms with Gasteiger partial charge in [0.2, 0.25) is 0 Å². The normalized spacial score (nSPS) is 12.0. The van der Waals surface area contributed by atoms with Crippen molar-refractivity contribution in [2.45, 2.75) is 12.5 Å². The number of methoxy groups -OCH3 is 1. The van der Waals surface area contributed by atoms with Crippen LogP contribution in [0.15, 0.2) is 41.9 Å². The molecule has 26 heavy (non-hydrogen) atoms. The Morgan fingerprint density at radius 1 is 1.38 bits per heavy atom.